The molecule has 0 aromatic carbocycles. The van der Waals surface area contributed by atoms with Gasteiger partial charge in [0.1, 0.15) is 12.4 Å². The van der Waals surface area contributed by atoms with Gasteiger partial charge >= 0.3 is 11.9 Å². The van der Waals surface area contributed by atoms with Crippen LogP contribution in [0, 0.1) is 0 Å². The molecular formula is C20H31N7O4. The molecule has 0 amide bonds. The number of rotatable bonds is 8. The summed E-state index contributed by atoms with van der Waals surface area (Å²) < 4.78 is 9.65. The fourth-order valence-electron chi connectivity index (χ4n) is 3.72. The first-order valence-electron chi connectivity index (χ1n) is 10.3. The maximum atomic E-state index is 11.6. The topological polar surface area (TPSA) is 140 Å². The summed E-state index contributed by atoms with van der Waals surface area (Å²) in [5.41, 5.74) is -0.162. The maximum Gasteiger partial charge on any atom is 0.349 e. The van der Waals surface area contributed by atoms with Gasteiger partial charge in [0.2, 0.25) is 5.95 Å². The standard InChI is InChI=1S/C20H31N7O4/c1-7-30-14(28)11-21-16-24-17(22-12-15(29)31-8-2)26-18(25-16)23-13-9-19(3,4)27-20(5,6)10-13/h11-13,27H,7-10H2,1-6H3,(H,23,24,25,26)/b21-11+,22-12+. The molecule has 1 aliphatic rings. The van der Waals surface area contributed by atoms with E-state index in [-0.39, 0.29) is 48.2 Å². The van der Waals surface area contributed by atoms with Gasteiger partial charge in [-0.05, 0) is 54.4 Å². The van der Waals surface area contributed by atoms with Gasteiger partial charge in [-0.3, -0.25) is 0 Å². The van der Waals surface area contributed by atoms with Crippen LogP contribution in [0.1, 0.15) is 54.4 Å². The molecule has 170 valence electrons. The average Bonchev–Trinajstić information content (AvgIpc) is 2.62. The first-order chi connectivity index (χ1) is 14.5. The van der Waals surface area contributed by atoms with E-state index in [1.807, 2.05) is 0 Å². The number of anilines is 1. The van der Waals surface area contributed by atoms with E-state index in [0.29, 0.717) is 0 Å². The number of carbonyl (C=O) groups is 2. The molecular weight excluding hydrogens is 402 g/mol. The average molecular weight is 434 g/mol. The van der Waals surface area contributed by atoms with E-state index < -0.39 is 11.9 Å². The van der Waals surface area contributed by atoms with Crippen molar-refractivity contribution in [2.75, 3.05) is 18.5 Å². The minimum absolute atomic E-state index is 0.0333. The van der Waals surface area contributed by atoms with Crippen molar-refractivity contribution in [2.24, 2.45) is 9.98 Å². The zero-order chi connectivity index (χ0) is 23.1. The first kappa shape index (κ1) is 24.3. The van der Waals surface area contributed by atoms with Gasteiger partial charge in [0.05, 0.1) is 13.2 Å². The van der Waals surface area contributed by atoms with E-state index in [1.54, 1.807) is 13.8 Å². The third-order valence-electron chi connectivity index (χ3n) is 4.28. The Bertz CT molecular complexity index is 790. The summed E-state index contributed by atoms with van der Waals surface area (Å²) in [6.45, 7) is 12.4. The molecule has 0 radical (unpaired) electrons. The Hall–Kier alpha value is -2.95. The van der Waals surface area contributed by atoms with E-state index in [0.717, 1.165) is 25.3 Å². The highest BCUT2D eigenvalue weighted by Gasteiger charge is 2.37. The van der Waals surface area contributed by atoms with E-state index in [1.165, 1.54) is 0 Å². The Labute approximate surface area is 182 Å². The molecule has 1 aliphatic heterocycles. The summed E-state index contributed by atoms with van der Waals surface area (Å²) >= 11 is 0. The Kier molecular flexibility index (Phi) is 8.14. The number of hydrogen-bond acceptors (Lipinski definition) is 11. The Morgan fingerprint density at radius 1 is 0.968 bits per heavy atom. The second-order valence-electron chi connectivity index (χ2n) is 8.42. The highest BCUT2D eigenvalue weighted by atomic mass is 16.5. The van der Waals surface area contributed by atoms with Crippen molar-refractivity contribution in [2.45, 2.75) is 71.5 Å². The minimum Gasteiger partial charge on any atom is -0.462 e. The summed E-state index contributed by atoms with van der Waals surface area (Å²) in [6, 6.07) is 0.0809. The minimum atomic E-state index is -0.615. The third kappa shape index (κ3) is 8.36. The van der Waals surface area contributed by atoms with Crippen LogP contribution in [0.25, 0.3) is 0 Å². The van der Waals surface area contributed by atoms with Crippen LogP contribution < -0.4 is 10.6 Å². The van der Waals surface area contributed by atoms with Gasteiger partial charge in [-0.2, -0.15) is 15.0 Å². The molecule has 1 fully saturated rings. The zero-order valence-electron chi connectivity index (χ0n) is 18.9. The number of carbonyl (C=O) groups excluding carboxylic acids is 2. The van der Waals surface area contributed by atoms with Crippen LogP contribution in [0.3, 0.4) is 0 Å². The molecule has 0 unspecified atom stereocenters. The molecule has 2 heterocycles. The number of ether oxygens (including phenoxy) is 2. The van der Waals surface area contributed by atoms with Crippen molar-refractivity contribution in [3.63, 3.8) is 0 Å². The number of hydrogen-bond donors (Lipinski definition) is 2. The lowest BCUT2D eigenvalue weighted by Gasteiger charge is -2.46. The second kappa shape index (κ2) is 10.4. The zero-order valence-corrected chi connectivity index (χ0v) is 18.9. The van der Waals surface area contributed by atoms with Gasteiger partial charge in [0.25, 0.3) is 11.9 Å². The smallest absolute Gasteiger partial charge is 0.349 e. The second-order valence-corrected chi connectivity index (χ2v) is 8.42. The predicted molar refractivity (Wildman–Crippen MR) is 117 cm³/mol. The van der Waals surface area contributed by atoms with E-state index in [2.05, 4.69) is 63.3 Å². The molecule has 0 aliphatic carbocycles. The summed E-state index contributed by atoms with van der Waals surface area (Å²) in [7, 11) is 0. The van der Waals surface area contributed by atoms with Crippen molar-refractivity contribution in [1.29, 1.82) is 0 Å². The number of aliphatic imine (C=N–C) groups is 2. The lowest BCUT2D eigenvalue weighted by molar-refractivity contribution is -0.135. The Morgan fingerprint density at radius 2 is 1.42 bits per heavy atom. The van der Waals surface area contributed by atoms with Crippen LogP contribution in [0.4, 0.5) is 17.8 Å². The third-order valence-corrected chi connectivity index (χ3v) is 4.28. The molecule has 1 aromatic heterocycles. The number of nitrogens with one attached hydrogen (secondary N) is 2. The molecule has 0 atom stereocenters. The van der Waals surface area contributed by atoms with Crippen LogP contribution in [0.15, 0.2) is 9.98 Å². The number of esters is 2. The van der Waals surface area contributed by atoms with Gasteiger partial charge in [-0.1, -0.05) is 0 Å². The fraction of sp³-hybridized carbons (Fsp3) is 0.650. The van der Waals surface area contributed by atoms with E-state index in [4.69, 9.17) is 9.47 Å². The first-order valence-corrected chi connectivity index (χ1v) is 10.3. The quantitative estimate of drug-likeness (QED) is 0.466. The number of aromatic nitrogens is 3. The normalized spacial score (nSPS) is 18.3. The summed E-state index contributed by atoms with van der Waals surface area (Å²) in [5, 5.41) is 6.93. The molecule has 0 bridgehead atoms. The van der Waals surface area contributed by atoms with E-state index >= 15 is 0 Å². The molecule has 31 heavy (non-hydrogen) atoms. The predicted octanol–water partition coefficient (Wildman–Crippen LogP) is 2.12. The molecule has 2 N–H and O–H groups in total. The van der Waals surface area contributed by atoms with Crippen molar-refractivity contribution in [3.8, 4) is 0 Å². The van der Waals surface area contributed by atoms with Gasteiger partial charge in [0.15, 0.2) is 0 Å². The van der Waals surface area contributed by atoms with Crippen LogP contribution >= 0.6 is 0 Å². The molecule has 1 saturated heterocycles. The summed E-state index contributed by atoms with van der Waals surface area (Å²) in [6.07, 6.45) is 3.65. The lowest BCUT2D eigenvalue weighted by Crippen LogP contribution is -2.60. The van der Waals surface area contributed by atoms with Crippen molar-refractivity contribution in [3.05, 3.63) is 0 Å². The van der Waals surface area contributed by atoms with Gasteiger partial charge < -0.3 is 20.1 Å². The number of nitrogens with zero attached hydrogens (tertiary/aromatic N) is 5. The van der Waals surface area contributed by atoms with Gasteiger partial charge in [-0.25, -0.2) is 19.6 Å². The summed E-state index contributed by atoms with van der Waals surface area (Å²) in [4.78, 5) is 43.7. The maximum absolute atomic E-state index is 11.6. The monoisotopic (exact) mass is 433 g/mol. The van der Waals surface area contributed by atoms with E-state index in [9.17, 15) is 9.59 Å². The van der Waals surface area contributed by atoms with Crippen molar-refractivity contribution >= 4 is 42.2 Å². The Balaban J connectivity index is 2.29. The van der Waals surface area contributed by atoms with Crippen LogP contribution in [-0.4, -0.2) is 69.7 Å². The van der Waals surface area contributed by atoms with Crippen LogP contribution in [-0.2, 0) is 19.1 Å². The molecule has 0 saturated carbocycles. The summed E-state index contributed by atoms with van der Waals surface area (Å²) in [5.74, 6) is -1.05. The molecule has 0 spiro atoms. The van der Waals surface area contributed by atoms with Gasteiger partial charge in [0, 0.05) is 17.1 Å². The van der Waals surface area contributed by atoms with Crippen LogP contribution in [0.5, 0.6) is 0 Å². The molecule has 1 aromatic rings. The largest absolute Gasteiger partial charge is 0.462 e. The molecule has 2 rings (SSSR count). The fourth-order valence-corrected chi connectivity index (χ4v) is 3.72. The van der Waals surface area contributed by atoms with Crippen molar-refractivity contribution < 1.29 is 19.1 Å². The molecule has 11 heteroatoms. The molecule has 11 nitrogen and oxygen atoms in total. The van der Waals surface area contributed by atoms with Gasteiger partial charge in [-0.15, -0.1) is 0 Å². The van der Waals surface area contributed by atoms with Crippen LogP contribution in [0.2, 0.25) is 0 Å². The SMILES string of the molecule is CCOC(=O)/C=N/c1nc(/N=C/C(=O)OCC)nc(NC2CC(C)(C)NC(C)(C)C2)n1. The Morgan fingerprint density at radius 3 is 1.84 bits per heavy atom. The highest BCUT2D eigenvalue weighted by Crippen LogP contribution is 2.30. The highest BCUT2D eigenvalue weighted by molar-refractivity contribution is 6.24. The van der Waals surface area contributed by atoms with Crippen molar-refractivity contribution in [1.82, 2.24) is 20.3 Å². The lowest BCUT2D eigenvalue weighted by atomic mass is 9.80. The number of piperidine rings is 1.